The first-order valence-electron chi connectivity index (χ1n) is 7.56. The van der Waals surface area contributed by atoms with Gasteiger partial charge in [-0.3, -0.25) is 5.32 Å². The fraction of sp³-hybridized carbons (Fsp3) is 0.438. The second-order valence-corrected chi connectivity index (χ2v) is 5.05. The van der Waals surface area contributed by atoms with E-state index in [-0.39, 0.29) is 6.10 Å². The van der Waals surface area contributed by atoms with Gasteiger partial charge in [-0.1, -0.05) is 18.5 Å². The van der Waals surface area contributed by atoms with Gasteiger partial charge in [0.25, 0.3) is 5.89 Å². The van der Waals surface area contributed by atoms with Crippen LogP contribution in [0.5, 0.6) is 5.75 Å². The molecule has 0 radical (unpaired) electrons. The van der Waals surface area contributed by atoms with Crippen molar-refractivity contribution in [2.75, 3.05) is 12.4 Å². The number of amides is 1. The summed E-state index contributed by atoms with van der Waals surface area (Å²) in [7, 11) is 1.31. The minimum atomic E-state index is -0.516. The Labute approximate surface area is 135 Å². The molecule has 2 rings (SSSR count). The zero-order chi connectivity index (χ0) is 16.7. The fourth-order valence-corrected chi connectivity index (χ4v) is 1.91. The van der Waals surface area contributed by atoms with Crippen molar-refractivity contribution in [1.29, 1.82) is 0 Å². The molecule has 0 aliphatic carbocycles. The molecule has 1 amide bonds. The van der Waals surface area contributed by atoms with Gasteiger partial charge >= 0.3 is 6.09 Å². The number of anilines is 1. The number of carbonyl (C=O) groups is 1. The Balaban J connectivity index is 1.93. The molecule has 0 bridgehead atoms. The van der Waals surface area contributed by atoms with E-state index >= 15 is 0 Å². The largest absolute Gasteiger partial charge is 0.481 e. The predicted molar refractivity (Wildman–Crippen MR) is 84.4 cm³/mol. The third kappa shape index (κ3) is 4.98. The van der Waals surface area contributed by atoms with Crippen LogP contribution in [0.4, 0.5) is 10.5 Å². The topological polar surface area (TPSA) is 86.5 Å². The third-order valence-corrected chi connectivity index (χ3v) is 3.18. The van der Waals surface area contributed by atoms with Crippen LogP contribution in [0.25, 0.3) is 0 Å². The van der Waals surface area contributed by atoms with Crippen LogP contribution < -0.4 is 10.1 Å². The van der Waals surface area contributed by atoms with E-state index < -0.39 is 6.09 Å². The molecule has 0 fully saturated rings. The molecule has 1 unspecified atom stereocenters. The zero-order valence-electron chi connectivity index (χ0n) is 13.5. The first kappa shape index (κ1) is 16.8. The number of hydrogen-bond donors (Lipinski definition) is 1. The quantitative estimate of drug-likeness (QED) is 0.836. The zero-order valence-corrected chi connectivity index (χ0v) is 13.5. The molecular formula is C16H21N3O4. The van der Waals surface area contributed by atoms with Crippen molar-refractivity contribution in [1.82, 2.24) is 10.1 Å². The van der Waals surface area contributed by atoms with Gasteiger partial charge in [0.15, 0.2) is 11.9 Å². The van der Waals surface area contributed by atoms with Crippen molar-refractivity contribution in [3.63, 3.8) is 0 Å². The van der Waals surface area contributed by atoms with E-state index in [0.717, 1.165) is 19.3 Å². The first-order valence-corrected chi connectivity index (χ1v) is 7.56. The molecule has 0 spiro atoms. The maximum atomic E-state index is 11.1. The fourth-order valence-electron chi connectivity index (χ4n) is 1.91. The summed E-state index contributed by atoms with van der Waals surface area (Å²) >= 11 is 0. The number of methoxy groups -OCH3 is 1. The van der Waals surface area contributed by atoms with Crippen LogP contribution in [-0.2, 0) is 11.2 Å². The molecule has 1 heterocycles. The molecule has 1 aromatic heterocycles. The maximum absolute atomic E-state index is 11.1. The monoisotopic (exact) mass is 319 g/mol. The molecule has 23 heavy (non-hydrogen) atoms. The Morgan fingerprint density at radius 3 is 2.74 bits per heavy atom. The van der Waals surface area contributed by atoms with Crippen LogP contribution in [0.3, 0.4) is 0 Å². The summed E-state index contributed by atoms with van der Waals surface area (Å²) in [6.07, 6.45) is 2.06. The Hall–Kier alpha value is -2.57. The van der Waals surface area contributed by atoms with Gasteiger partial charge in [0, 0.05) is 12.1 Å². The summed E-state index contributed by atoms with van der Waals surface area (Å²) in [6.45, 7) is 3.96. The minimum Gasteiger partial charge on any atom is -0.481 e. The second-order valence-electron chi connectivity index (χ2n) is 5.05. The number of unbranched alkanes of at least 4 members (excludes halogenated alkanes) is 1. The van der Waals surface area contributed by atoms with E-state index in [4.69, 9.17) is 9.26 Å². The van der Waals surface area contributed by atoms with Crippen molar-refractivity contribution in [3.05, 3.63) is 36.0 Å². The highest BCUT2D eigenvalue weighted by atomic mass is 16.5. The third-order valence-electron chi connectivity index (χ3n) is 3.18. The van der Waals surface area contributed by atoms with Crippen molar-refractivity contribution in [2.45, 2.75) is 39.2 Å². The number of rotatable bonds is 7. The lowest BCUT2D eigenvalue weighted by Gasteiger charge is -2.11. The van der Waals surface area contributed by atoms with Gasteiger partial charge in [-0.15, -0.1) is 0 Å². The summed E-state index contributed by atoms with van der Waals surface area (Å²) in [5, 5.41) is 6.51. The van der Waals surface area contributed by atoms with Gasteiger partial charge in [0.1, 0.15) is 5.75 Å². The molecule has 1 atom stereocenters. The highest BCUT2D eigenvalue weighted by Crippen LogP contribution is 2.22. The highest BCUT2D eigenvalue weighted by molar-refractivity contribution is 5.84. The first-order chi connectivity index (χ1) is 11.1. The molecule has 1 N–H and O–H groups in total. The van der Waals surface area contributed by atoms with Crippen molar-refractivity contribution in [3.8, 4) is 5.75 Å². The highest BCUT2D eigenvalue weighted by Gasteiger charge is 2.15. The van der Waals surface area contributed by atoms with Gasteiger partial charge in [-0.05, 0) is 37.6 Å². The molecule has 124 valence electrons. The van der Waals surface area contributed by atoms with Gasteiger partial charge in [-0.2, -0.15) is 4.98 Å². The van der Waals surface area contributed by atoms with E-state index in [1.807, 2.05) is 6.92 Å². The minimum absolute atomic E-state index is 0.350. The SMILES string of the molecule is CCCCc1noc(C(C)Oc2ccc(NC(=O)OC)cc2)n1. The van der Waals surface area contributed by atoms with Crippen molar-refractivity contribution >= 4 is 11.8 Å². The summed E-state index contributed by atoms with van der Waals surface area (Å²) in [5.41, 5.74) is 0.622. The maximum Gasteiger partial charge on any atom is 0.411 e. The molecule has 7 heteroatoms. The van der Waals surface area contributed by atoms with E-state index in [1.54, 1.807) is 24.3 Å². The van der Waals surface area contributed by atoms with Crippen LogP contribution in [0.15, 0.2) is 28.8 Å². The summed E-state index contributed by atoms with van der Waals surface area (Å²) in [4.78, 5) is 15.4. The summed E-state index contributed by atoms with van der Waals surface area (Å²) < 4.78 is 15.5. The molecule has 0 saturated carbocycles. The molecular weight excluding hydrogens is 298 g/mol. The summed E-state index contributed by atoms with van der Waals surface area (Å²) in [6, 6.07) is 6.94. The van der Waals surface area contributed by atoms with Crippen LogP contribution in [0.2, 0.25) is 0 Å². The smallest absolute Gasteiger partial charge is 0.411 e. The van der Waals surface area contributed by atoms with Gasteiger partial charge < -0.3 is 14.0 Å². The average Bonchev–Trinajstić information content (AvgIpc) is 3.03. The number of aryl methyl sites for hydroxylation is 1. The lowest BCUT2D eigenvalue weighted by molar-refractivity contribution is 0.175. The molecule has 0 aliphatic heterocycles. The summed E-state index contributed by atoms with van der Waals surface area (Å²) in [5.74, 6) is 1.80. The second kappa shape index (κ2) is 8.17. The number of carbonyl (C=O) groups excluding carboxylic acids is 1. The van der Waals surface area contributed by atoms with E-state index in [2.05, 4.69) is 27.1 Å². The Morgan fingerprint density at radius 1 is 1.35 bits per heavy atom. The van der Waals surface area contributed by atoms with Gasteiger partial charge in [0.2, 0.25) is 0 Å². The van der Waals surface area contributed by atoms with Gasteiger partial charge in [-0.25, -0.2) is 4.79 Å². The molecule has 0 saturated heterocycles. The van der Waals surface area contributed by atoms with E-state index in [9.17, 15) is 4.79 Å². The Morgan fingerprint density at radius 2 is 2.09 bits per heavy atom. The standard InChI is InChI=1S/C16H21N3O4/c1-4-5-6-14-18-15(23-19-14)11(2)22-13-9-7-12(8-10-13)17-16(20)21-3/h7-11H,4-6H2,1-3H3,(H,17,20). The van der Waals surface area contributed by atoms with E-state index in [1.165, 1.54) is 7.11 Å². The Kier molecular flexibility index (Phi) is 5.96. The number of hydrogen-bond acceptors (Lipinski definition) is 6. The van der Waals surface area contributed by atoms with Crippen LogP contribution in [0, 0.1) is 0 Å². The molecule has 0 aliphatic rings. The molecule has 1 aromatic carbocycles. The Bertz CT molecular complexity index is 625. The van der Waals surface area contributed by atoms with Gasteiger partial charge in [0.05, 0.1) is 7.11 Å². The number of nitrogens with one attached hydrogen (secondary N) is 1. The molecule has 7 nitrogen and oxygen atoms in total. The van der Waals surface area contributed by atoms with Crippen LogP contribution in [-0.4, -0.2) is 23.3 Å². The number of nitrogens with zero attached hydrogens (tertiary/aromatic N) is 2. The van der Waals surface area contributed by atoms with Crippen LogP contribution in [0.1, 0.15) is 44.5 Å². The number of aromatic nitrogens is 2. The van der Waals surface area contributed by atoms with E-state index in [0.29, 0.717) is 23.2 Å². The normalized spacial score (nSPS) is 11.8. The number of ether oxygens (including phenoxy) is 2. The lowest BCUT2D eigenvalue weighted by Crippen LogP contribution is -2.10. The predicted octanol–water partition coefficient (Wildman–Crippen LogP) is 3.73. The van der Waals surface area contributed by atoms with Crippen LogP contribution >= 0.6 is 0 Å². The molecule has 2 aromatic rings. The average molecular weight is 319 g/mol. The number of benzene rings is 1. The van der Waals surface area contributed by atoms with Crippen molar-refractivity contribution < 1.29 is 18.8 Å². The van der Waals surface area contributed by atoms with Crippen molar-refractivity contribution in [2.24, 2.45) is 0 Å². The lowest BCUT2D eigenvalue weighted by atomic mass is 10.2.